The van der Waals surface area contributed by atoms with Gasteiger partial charge in [0.05, 0.1) is 12.6 Å². The van der Waals surface area contributed by atoms with Crippen LogP contribution in [0.25, 0.3) is 0 Å². The van der Waals surface area contributed by atoms with E-state index >= 15 is 0 Å². The molecular formula is C9H11N3O. The summed E-state index contributed by atoms with van der Waals surface area (Å²) in [6, 6.07) is 5.54. The second-order valence-electron chi connectivity index (χ2n) is 3.17. The highest BCUT2D eigenvalue weighted by molar-refractivity contribution is 5.99. The molecule has 0 saturated carbocycles. The highest BCUT2D eigenvalue weighted by Crippen LogP contribution is 2.24. The van der Waals surface area contributed by atoms with Crippen molar-refractivity contribution in [2.45, 2.75) is 12.6 Å². The Kier molecular flexibility index (Phi) is 1.79. The van der Waals surface area contributed by atoms with Crippen molar-refractivity contribution in [2.75, 3.05) is 5.32 Å². The summed E-state index contributed by atoms with van der Waals surface area (Å²) >= 11 is 0. The number of nitrogens with one attached hydrogen (secondary N) is 1. The predicted molar refractivity (Wildman–Crippen MR) is 49.9 cm³/mol. The first kappa shape index (κ1) is 8.22. The van der Waals surface area contributed by atoms with Crippen LogP contribution in [-0.4, -0.2) is 5.91 Å². The number of hydrogen-bond acceptors (Lipinski definition) is 3. The lowest BCUT2D eigenvalue weighted by molar-refractivity contribution is -0.115. The van der Waals surface area contributed by atoms with Gasteiger partial charge in [0.1, 0.15) is 0 Å². The van der Waals surface area contributed by atoms with E-state index in [-0.39, 0.29) is 5.91 Å². The van der Waals surface area contributed by atoms with Crippen LogP contribution >= 0.6 is 0 Å². The zero-order valence-corrected chi connectivity index (χ0v) is 7.08. The minimum Gasteiger partial charge on any atom is -0.326 e. The van der Waals surface area contributed by atoms with Gasteiger partial charge in [-0.05, 0) is 17.2 Å². The summed E-state index contributed by atoms with van der Waals surface area (Å²) in [5.74, 6) is 0.0257. The molecule has 13 heavy (non-hydrogen) atoms. The van der Waals surface area contributed by atoms with Gasteiger partial charge in [-0.1, -0.05) is 12.1 Å². The fourth-order valence-corrected chi connectivity index (χ4v) is 1.46. The standard InChI is InChI=1S/C9H11N3O/c10-9(11)5-1-2-7-6(3-5)4-8(13)12-7/h1-3,9H,4,10-11H2,(H,12,13). The first-order valence-corrected chi connectivity index (χ1v) is 4.10. The third kappa shape index (κ3) is 1.41. The van der Waals surface area contributed by atoms with Crippen LogP contribution in [0.3, 0.4) is 0 Å². The monoisotopic (exact) mass is 177 g/mol. The van der Waals surface area contributed by atoms with Crippen LogP contribution in [0.1, 0.15) is 17.3 Å². The number of carbonyl (C=O) groups excluding carboxylic acids is 1. The van der Waals surface area contributed by atoms with Crippen molar-refractivity contribution in [1.82, 2.24) is 0 Å². The molecular weight excluding hydrogens is 166 g/mol. The Bertz CT molecular complexity index is 360. The zero-order valence-electron chi connectivity index (χ0n) is 7.08. The van der Waals surface area contributed by atoms with E-state index in [9.17, 15) is 4.79 Å². The van der Waals surface area contributed by atoms with Gasteiger partial charge in [-0.25, -0.2) is 0 Å². The van der Waals surface area contributed by atoms with Crippen molar-refractivity contribution in [1.29, 1.82) is 0 Å². The number of benzene rings is 1. The molecule has 0 unspecified atom stereocenters. The maximum atomic E-state index is 11.0. The molecule has 0 spiro atoms. The van der Waals surface area contributed by atoms with E-state index in [4.69, 9.17) is 11.5 Å². The number of fused-ring (bicyclic) bond motifs is 1. The fraction of sp³-hybridized carbons (Fsp3) is 0.222. The van der Waals surface area contributed by atoms with Crippen molar-refractivity contribution in [2.24, 2.45) is 11.5 Å². The molecule has 0 atom stereocenters. The summed E-state index contributed by atoms with van der Waals surface area (Å²) < 4.78 is 0. The van der Waals surface area contributed by atoms with E-state index in [0.717, 1.165) is 16.8 Å². The van der Waals surface area contributed by atoms with Gasteiger partial charge < -0.3 is 16.8 Å². The lowest BCUT2D eigenvalue weighted by Crippen LogP contribution is -2.19. The molecule has 0 aliphatic carbocycles. The summed E-state index contributed by atoms with van der Waals surface area (Å²) in [6.07, 6.45) is -0.0448. The normalized spacial score (nSPS) is 14.5. The number of anilines is 1. The molecule has 0 aromatic heterocycles. The lowest BCUT2D eigenvalue weighted by Gasteiger charge is -2.06. The predicted octanol–water partition coefficient (Wildman–Crippen LogP) is 0.0972. The second-order valence-corrected chi connectivity index (χ2v) is 3.17. The van der Waals surface area contributed by atoms with Crippen LogP contribution in [-0.2, 0) is 11.2 Å². The Balaban J connectivity index is 2.40. The van der Waals surface area contributed by atoms with Gasteiger partial charge in [0.25, 0.3) is 0 Å². The molecule has 1 aliphatic rings. The average molecular weight is 177 g/mol. The topological polar surface area (TPSA) is 81.1 Å². The first-order valence-electron chi connectivity index (χ1n) is 4.10. The van der Waals surface area contributed by atoms with Crippen molar-refractivity contribution in [3.05, 3.63) is 29.3 Å². The minimum atomic E-state index is -0.471. The number of rotatable bonds is 1. The minimum absolute atomic E-state index is 0.0257. The summed E-state index contributed by atoms with van der Waals surface area (Å²) in [5, 5.41) is 2.74. The Morgan fingerprint density at radius 1 is 1.38 bits per heavy atom. The lowest BCUT2D eigenvalue weighted by atomic mass is 10.1. The molecule has 1 heterocycles. The molecule has 0 radical (unpaired) electrons. The fourth-order valence-electron chi connectivity index (χ4n) is 1.46. The largest absolute Gasteiger partial charge is 0.326 e. The maximum Gasteiger partial charge on any atom is 0.228 e. The molecule has 1 aliphatic heterocycles. The van der Waals surface area contributed by atoms with Gasteiger partial charge in [0, 0.05) is 5.69 Å². The molecule has 1 aromatic carbocycles. The van der Waals surface area contributed by atoms with Gasteiger partial charge in [-0.15, -0.1) is 0 Å². The van der Waals surface area contributed by atoms with Crippen LogP contribution in [0.4, 0.5) is 5.69 Å². The van der Waals surface area contributed by atoms with E-state index in [0.29, 0.717) is 6.42 Å². The number of carbonyl (C=O) groups is 1. The van der Waals surface area contributed by atoms with Crippen molar-refractivity contribution >= 4 is 11.6 Å². The van der Waals surface area contributed by atoms with Crippen molar-refractivity contribution in [3.8, 4) is 0 Å². The molecule has 68 valence electrons. The Morgan fingerprint density at radius 3 is 2.85 bits per heavy atom. The highest BCUT2D eigenvalue weighted by atomic mass is 16.1. The van der Waals surface area contributed by atoms with Crippen LogP contribution in [0.2, 0.25) is 0 Å². The zero-order chi connectivity index (χ0) is 9.42. The van der Waals surface area contributed by atoms with Crippen molar-refractivity contribution in [3.63, 3.8) is 0 Å². The summed E-state index contributed by atoms with van der Waals surface area (Å²) in [5.41, 5.74) is 13.7. The Morgan fingerprint density at radius 2 is 2.15 bits per heavy atom. The van der Waals surface area contributed by atoms with Gasteiger partial charge in [-0.2, -0.15) is 0 Å². The van der Waals surface area contributed by atoms with Crippen LogP contribution < -0.4 is 16.8 Å². The third-order valence-electron chi connectivity index (χ3n) is 2.14. The quantitative estimate of drug-likeness (QED) is 0.532. The SMILES string of the molecule is NC(N)c1ccc2c(c1)CC(=O)N2. The van der Waals surface area contributed by atoms with Crippen molar-refractivity contribution < 1.29 is 4.79 Å². The second kappa shape index (κ2) is 2.83. The van der Waals surface area contributed by atoms with Gasteiger partial charge in [0.2, 0.25) is 5.91 Å². The molecule has 1 aromatic rings. The molecule has 0 saturated heterocycles. The first-order chi connectivity index (χ1) is 6.16. The number of amides is 1. The summed E-state index contributed by atoms with van der Waals surface area (Å²) in [4.78, 5) is 11.0. The maximum absolute atomic E-state index is 11.0. The Labute approximate surface area is 75.9 Å². The van der Waals surface area contributed by atoms with Crippen LogP contribution in [0.15, 0.2) is 18.2 Å². The van der Waals surface area contributed by atoms with E-state index in [2.05, 4.69) is 5.32 Å². The molecule has 1 amide bonds. The molecule has 5 N–H and O–H groups in total. The van der Waals surface area contributed by atoms with E-state index < -0.39 is 6.17 Å². The Hall–Kier alpha value is -1.39. The van der Waals surface area contributed by atoms with E-state index in [1.54, 1.807) is 0 Å². The van der Waals surface area contributed by atoms with Gasteiger partial charge in [-0.3, -0.25) is 4.79 Å². The molecule has 4 heteroatoms. The number of nitrogens with two attached hydrogens (primary N) is 2. The van der Waals surface area contributed by atoms with E-state index in [1.807, 2.05) is 18.2 Å². The summed E-state index contributed by atoms with van der Waals surface area (Å²) in [7, 11) is 0. The molecule has 2 rings (SSSR count). The smallest absolute Gasteiger partial charge is 0.228 e. The third-order valence-corrected chi connectivity index (χ3v) is 2.14. The van der Waals surface area contributed by atoms with Crippen LogP contribution in [0.5, 0.6) is 0 Å². The van der Waals surface area contributed by atoms with Crippen LogP contribution in [0, 0.1) is 0 Å². The molecule has 4 nitrogen and oxygen atoms in total. The molecule has 0 fully saturated rings. The number of hydrogen-bond donors (Lipinski definition) is 3. The molecule has 0 bridgehead atoms. The summed E-state index contributed by atoms with van der Waals surface area (Å²) in [6.45, 7) is 0. The average Bonchev–Trinajstić information content (AvgIpc) is 2.42. The highest BCUT2D eigenvalue weighted by Gasteiger charge is 2.17. The van der Waals surface area contributed by atoms with Gasteiger partial charge in [0.15, 0.2) is 0 Å². The van der Waals surface area contributed by atoms with E-state index in [1.165, 1.54) is 0 Å². The van der Waals surface area contributed by atoms with Gasteiger partial charge >= 0.3 is 0 Å².